The summed E-state index contributed by atoms with van der Waals surface area (Å²) < 4.78 is 12.7. The topological polar surface area (TPSA) is 94.7 Å². The van der Waals surface area contributed by atoms with Crippen molar-refractivity contribution in [1.29, 1.82) is 0 Å². The van der Waals surface area contributed by atoms with Gasteiger partial charge in [-0.3, -0.25) is 9.20 Å². The van der Waals surface area contributed by atoms with Crippen LogP contribution in [0.25, 0.3) is 15.9 Å². The van der Waals surface area contributed by atoms with E-state index in [4.69, 9.17) is 9.47 Å². The molecule has 0 unspecified atom stereocenters. The molecule has 1 amide bonds. The second kappa shape index (κ2) is 8.44. The molecule has 166 valence electrons. The highest BCUT2D eigenvalue weighted by Gasteiger charge is 2.30. The Morgan fingerprint density at radius 1 is 1.19 bits per heavy atom. The summed E-state index contributed by atoms with van der Waals surface area (Å²) in [6, 6.07) is 5.90. The minimum atomic E-state index is 0.0328. The van der Waals surface area contributed by atoms with E-state index < -0.39 is 0 Å². The SMILES string of the molecule is COCc1nc(OC)c2c(C)c(C(=O)N3CCC(c4nnc5ccccn45)CC3)sc2n1. The van der Waals surface area contributed by atoms with E-state index in [9.17, 15) is 4.79 Å². The van der Waals surface area contributed by atoms with E-state index in [2.05, 4.69) is 20.2 Å². The summed E-state index contributed by atoms with van der Waals surface area (Å²) in [6.07, 6.45) is 3.70. The van der Waals surface area contributed by atoms with Crippen LogP contribution in [0.2, 0.25) is 0 Å². The highest BCUT2D eigenvalue weighted by molar-refractivity contribution is 7.20. The molecule has 0 radical (unpaired) electrons. The number of aromatic nitrogens is 5. The molecule has 0 atom stereocenters. The number of pyridine rings is 1. The van der Waals surface area contributed by atoms with Gasteiger partial charge in [0.1, 0.15) is 17.3 Å². The number of hydrogen-bond acceptors (Lipinski definition) is 8. The number of fused-ring (bicyclic) bond motifs is 2. The molecule has 0 spiro atoms. The maximum atomic E-state index is 13.4. The molecular formula is C22H24N6O3S. The summed E-state index contributed by atoms with van der Waals surface area (Å²) >= 11 is 1.39. The van der Waals surface area contributed by atoms with Crippen molar-refractivity contribution in [2.24, 2.45) is 0 Å². The van der Waals surface area contributed by atoms with Gasteiger partial charge in [-0.25, -0.2) is 4.98 Å². The van der Waals surface area contributed by atoms with Gasteiger partial charge < -0.3 is 14.4 Å². The number of carbonyl (C=O) groups excluding carboxylic acids is 1. The Bertz CT molecular complexity index is 1290. The molecule has 9 nitrogen and oxygen atoms in total. The molecule has 1 aliphatic rings. The lowest BCUT2D eigenvalue weighted by Gasteiger charge is -2.31. The number of ether oxygens (including phenoxy) is 2. The fourth-order valence-electron chi connectivity index (χ4n) is 4.31. The average molecular weight is 453 g/mol. The van der Waals surface area contributed by atoms with Gasteiger partial charge in [0.05, 0.1) is 17.4 Å². The zero-order valence-electron chi connectivity index (χ0n) is 18.2. The summed E-state index contributed by atoms with van der Waals surface area (Å²) in [5.41, 5.74) is 1.71. The van der Waals surface area contributed by atoms with E-state index in [-0.39, 0.29) is 18.4 Å². The zero-order chi connectivity index (χ0) is 22.2. The van der Waals surface area contributed by atoms with E-state index in [1.54, 1.807) is 14.2 Å². The molecule has 0 saturated carbocycles. The highest BCUT2D eigenvalue weighted by Crippen LogP contribution is 2.36. The third kappa shape index (κ3) is 3.49. The van der Waals surface area contributed by atoms with Crippen molar-refractivity contribution in [3.63, 3.8) is 0 Å². The molecule has 0 aliphatic carbocycles. The largest absolute Gasteiger partial charge is 0.480 e. The number of amides is 1. The molecule has 0 aromatic carbocycles. The predicted molar refractivity (Wildman–Crippen MR) is 120 cm³/mol. The van der Waals surface area contributed by atoms with E-state index in [0.717, 1.165) is 40.1 Å². The van der Waals surface area contributed by atoms with Crippen molar-refractivity contribution < 1.29 is 14.3 Å². The maximum absolute atomic E-state index is 13.4. The Morgan fingerprint density at radius 2 is 2.00 bits per heavy atom. The Balaban J connectivity index is 1.37. The van der Waals surface area contributed by atoms with Crippen LogP contribution < -0.4 is 4.74 Å². The lowest BCUT2D eigenvalue weighted by atomic mass is 9.95. The fraction of sp³-hybridized carbons (Fsp3) is 0.409. The van der Waals surface area contributed by atoms with Crippen molar-refractivity contribution in [3.8, 4) is 5.88 Å². The second-order valence-corrected chi connectivity index (χ2v) is 8.87. The van der Waals surface area contributed by atoms with Crippen molar-refractivity contribution in [1.82, 2.24) is 29.5 Å². The molecule has 5 rings (SSSR count). The minimum Gasteiger partial charge on any atom is -0.480 e. The Morgan fingerprint density at radius 3 is 2.75 bits per heavy atom. The first kappa shape index (κ1) is 20.8. The van der Waals surface area contributed by atoms with Gasteiger partial charge >= 0.3 is 0 Å². The quantitative estimate of drug-likeness (QED) is 0.459. The zero-order valence-corrected chi connectivity index (χ0v) is 19.1. The van der Waals surface area contributed by atoms with Gasteiger partial charge in [0.15, 0.2) is 11.5 Å². The number of aryl methyl sites for hydroxylation is 1. The number of methoxy groups -OCH3 is 2. The van der Waals surface area contributed by atoms with Crippen LogP contribution in [0.4, 0.5) is 0 Å². The van der Waals surface area contributed by atoms with Crippen LogP contribution in [0.15, 0.2) is 24.4 Å². The number of rotatable bonds is 5. The molecule has 5 heterocycles. The van der Waals surface area contributed by atoms with Crippen LogP contribution >= 0.6 is 11.3 Å². The predicted octanol–water partition coefficient (Wildman–Crippen LogP) is 3.22. The van der Waals surface area contributed by atoms with Gasteiger partial charge in [0, 0.05) is 32.3 Å². The second-order valence-electron chi connectivity index (χ2n) is 7.87. The van der Waals surface area contributed by atoms with E-state index in [1.807, 2.05) is 40.6 Å². The Hall–Kier alpha value is -3.11. The fourth-order valence-corrected chi connectivity index (χ4v) is 5.47. The summed E-state index contributed by atoms with van der Waals surface area (Å²) in [6.45, 7) is 3.58. The van der Waals surface area contributed by atoms with Gasteiger partial charge in [0.2, 0.25) is 5.88 Å². The molecule has 32 heavy (non-hydrogen) atoms. The van der Waals surface area contributed by atoms with Crippen LogP contribution in [0.3, 0.4) is 0 Å². The van der Waals surface area contributed by atoms with Gasteiger partial charge in [-0.15, -0.1) is 21.5 Å². The molecular weight excluding hydrogens is 428 g/mol. The smallest absolute Gasteiger partial charge is 0.264 e. The van der Waals surface area contributed by atoms with E-state index >= 15 is 0 Å². The van der Waals surface area contributed by atoms with Crippen LogP contribution in [-0.2, 0) is 11.3 Å². The Labute approximate surface area is 189 Å². The van der Waals surface area contributed by atoms with Crippen LogP contribution in [0.5, 0.6) is 5.88 Å². The molecule has 4 aromatic heterocycles. The first-order valence-corrected chi connectivity index (χ1v) is 11.3. The first-order valence-electron chi connectivity index (χ1n) is 10.5. The summed E-state index contributed by atoms with van der Waals surface area (Å²) in [5.74, 6) is 2.30. The lowest BCUT2D eigenvalue weighted by Crippen LogP contribution is -2.38. The van der Waals surface area contributed by atoms with Crippen LogP contribution in [0, 0.1) is 6.92 Å². The van der Waals surface area contributed by atoms with Gasteiger partial charge in [0.25, 0.3) is 5.91 Å². The monoisotopic (exact) mass is 452 g/mol. The number of piperidine rings is 1. The van der Waals surface area contributed by atoms with Crippen molar-refractivity contribution in [3.05, 3.63) is 46.5 Å². The molecule has 4 aromatic rings. The summed E-state index contributed by atoms with van der Waals surface area (Å²) in [5, 5.41) is 9.47. The standard InChI is InChI=1S/C22H24N6O3S/c1-13-17-20(31-3)23-15(12-30-2)24-21(17)32-18(13)22(29)27-10-7-14(8-11-27)19-26-25-16-6-4-5-9-28(16)19/h4-6,9,14H,7-8,10-12H2,1-3H3. The van der Waals surface area contributed by atoms with Gasteiger partial charge in [-0.1, -0.05) is 6.07 Å². The number of carbonyl (C=O) groups is 1. The van der Waals surface area contributed by atoms with Crippen molar-refractivity contribution >= 4 is 33.1 Å². The van der Waals surface area contributed by atoms with E-state index in [1.165, 1.54) is 11.3 Å². The first-order chi connectivity index (χ1) is 15.6. The van der Waals surface area contributed by atoms with Gasteiger partial charge in [-0.05, 0) is 37.5 Å². The molecule has 1 fully saturated rings. The van der Waals surface area contributed by atoms with Crippen LogP contribution in [0.1, 0.15) is 45.6 Å². The average Bonchev–Trinajstić information content (AvgIpc) is 3.40. The van der Waals surface area contributed by atoms with Crippen LogP contribution in [-0.4, -0.2) is 62.7 Å². The molecule has 10 heteroatoms. The number of thiophene rings is 1. The summed E-state index contributed by atoms with van der Waals surface area (Å²) in [4.78, 5) is 25.8. The Kier molecular flexibility index (Phi) is 5.48. The lowest BCUT2D eigenvalue weighted by molar-refractivity contribution is 0.0715. The molecule has 0 bridgehead atoms. The molecule has 1 saturated heterocycles. The normalized spacial score (nSPS) is 15.0. The third-order valence-corrected chi connectivity index (χ3v) is 7.13. The highest BCUT2D eigenvalue weighted by atomic mass is 32.1. The van der Waals surface area contributed by atoms with Gasteiger partial charge in [-0.2, -0.15) is 4.98 Å². The van der Waals surface area contributed by atoms with E-state index in [0.29, 0.717) is 29.7 Å². The number of hydrogen-bond donors (Lipinski definition) is 0. The minimum absolute atomic E-state index is 0.0328. The summed E-state index contributed by atoms with van der Waals surface area (Å²) in [7, 11) is 3.18. The maximum Gasteiger partial charge on any atom is 0.264 e. The molecule has 1 aliphatic heterocycles. The number of nitrogens with zero attached hydrogens (tertiary/aromatic N) is 6. The molecule has 0 N–H and O–H groups in total. The van der Waals surface area contributed by atoms with Crippen molar-refractivity contribution in [2.45, 2.75) is 32.3 Å². The third-order valence-electron chi connectivity index (χ3n) is 5.95. The van der Waals surface area contributed by atoms with Crippen molar-refractivity contribution in [2.75, 3.05) is 27.3 Å². The number of likely N-dealkylation sites (tertiary alicyclic amines) is 1.